The number of hydrogen-bond donors (Lipinski definition) is 2. The number of benzene rings is 1. The van der Waals surface area contributed by atoms with Crippen molar-refractivity contribution in [3.8, 4) is 0 Å². The third-order valence-electron chi connectivity index (χ3n) is 3.79. The number of fused-ring (bicyclic) bond motifs is 1. The normalized spacial score (nSPS) is 19.5. The first kappa shape index (κ1) is 14.7. The number of carboxylic acid groups (broad SMARTS) is 1. The van der Waals surface area contributed by atoms with Gasteiger partial charge in [0.15, 0.2) is 0 Å². The highest BCUT2D eigenvalue weighted by Crippen LogP contribution is 2.27. The second kappa shape index (κ2) is 5.22. The van der Waals surface area contributed by atoms with Crippen molar-refractivity contribution in [3.63, 3.8) is 0 Å². The van der Waals surface area contributed by atoms with Crippen molar-refractivity contribution in [1.29, 1.82) is 0 Å². The molecule has 0 spiro atoms. The van der Waals surface area contributed by atoms with E-state index in [9.17, 15) is 18.0 Å². The maximum atomic E-state index is 12.7. The van der Waals surface area contributed by atoms with Crippen LogP contribution in [0.3, 0.4) is 0 Å². The van der Waals surface area contributed by atoms with Crippen LogP contribution in [-0.4, -0.2) is 41.4 Å². The SMILES string of the molecule is O=C(O)C1CCCN1S(=O)(=O)c1ccc2[nH]c(=O)ccc2c1. The van der Waals surface area contributed by atoms with Gasteiger partial charge >= 0.3 is 5.97 Å². The average molecular weight is 322 g/mol. The van der Waals surface area contributed by atoms with Crippen molar-refractivity contribution in [2.24, 2.45) is 0 Å². The summed E-state index contributed by atoms with van der Waals surface area (Å²) in [6, 6.07) is 6.16. The van der Waals surface area contributed by atoms with Crippen molar-refractivity contribution < 1.29 is 18.3 Å². The third-order valence-corrected chi connectivity index (χ3v) is 5.69. The molecule has 1 saturated heterocycles. The molecule has 7 nitrogen and oxygen atoms in total. The van der Waals surface area contributed by atoms with Crippen LogP contribution in [0.5, 0.6) is 0 Å². The molecule has 116 valence electrons. The Morgan fingerprint density at radius 2 is 2.05 bits per heavy atom. The molecule has 0 aliphatic carbocycles. The number of nitrogens with zero attached hydrogens (tertiary/aromatic N) is 1. The fourth-order valence-corrected chi connectivity index (χ4v) is 4.39. The van der Waals surface area contributed by atoms with Crippen molar-refractivity contribution in [2.75, 3.05) is 6.54 Å². The molecule has 0 bridgehead atoms. The van der Waals surface area contributed by atoms with Crippen LogP contribution in [0.4, 0.5) is 0 Å². The van der Waals surface area contributed by atoms with Crippen LogP contribution in [0, 0.1) is 0 Å². The number of carboxylic acids is 1. The molecule has 1 atom stereocenters. The highest BCUT2D eigenvalue weighted by atomic mass is 32.2. The Bertz CT molecular complexity index is 903. The van der Waals surface area contributed by atoms with Crippen molar-refractivity contribution in [3.05, 3.63) is 40.7 Å². The van der Waals surface area contributed by atoms with Crippen LogP contribution in [0.15, 0.2) is 40.0 Å². The summed E-state index contributed by atoms with van der Waals surface area (Å²) in [4.78, 5) is 25.1. The maximum Gasteiger partial charge on any atom is 0.322 e. The van der Waals surface area contributed by atoms with Gasteiger partial charge in [0.1, 0.15) is 6.04 Å². The van der Waals surface area contributed by atoms with Gasteiger partial charge in [-0.2, -0.15) is 4.31 Å². The van der Waals surface area contributed by atoms with E-state index < -0.39 is 22.0 Å². The molecule has 2 aromatic rings. The van der Waals surface area contributed by atoms with Crippen LogP contribution in [0.25, 0.3) is 10.9 Å². The van der Waals surface area contributed by atoms with Crippen LogP contribution in [-0.2, 0) is 14.8 Å². The lowest BCUT2D eigenvalue weighted by Gasteiger charge is -2.21. The molecule has 1 aromatic heterocycles. The molecule has 0 radical (unpaired) electrons. The van der Waals surface area contributed by atoms with Crippen molar-refractivity contribution >= 4 is 26.9 Å². The summed E-state index contributed by atoms with van der Waals surface area (Å²) in [5, 5.41) is 9.73. The Balaban J connectivity index is 2.07. The van der Waals surface area contributed by atoms with E-state index >= 15 is 0 Å². The average Bonchev–Trinajstić information content (AvgIpc) is 2.97. The van der Waals surface area contributed by atoms with Gasteiger partial charge in [0.25, 0.3) is 0 Å². The number of carbonyl (C=O) groups is 1. The predicted octanol–water partition coefficient (Wildman–Crippen LogP) is 0.766. The number of pyridine rings is 1. The highest BCUT2D eigenvalue weighted by molar-refractivity contribution is 7.89. The zero-order valence-electron chi connectivity index (χ0n) is 11.5. The number of H-pyrrole nitrogens is 1. The molecule has 1 aliphatic rings. The molecule has 8 heteroatoms. The smallest absolute Gasteiger partial charge is 0.322 e. The zero-order valence-corrected chi connectivity index (χ0v) is 12.3. The van der Waals surface area contributed by atoms with E-state index in [1.165, 1.54) is 30.3 Å². The van der Waals surface area contributed by atoms with Crippen LogP contribution < -0.4 is 5.56 Å². The number of aromatic nitrogens is 1. The lowest BCUT2D eigenvalue weighted by Crippen LogP contribution is -2.40. The van der Waals surface area contributed by atoms with E-state index in [2.05, 4.69) is 4.98 Å². The summed E-state index contributed by atoms with van der Waals surface area (Å²) in [5.41, 5.74) is 0.260. The number of hydrogen-bond acceptors (Lipinski definition) is 4. The quantitative estimate of drug-likeness (QED) is 0.867. The summed E-state index contributed by atoms with van der Waals surface area (Å²) in [6.07, 6.45) is 0.840. The standard InChI is InChI=1S/C14H14N2O5S/c17-13-6-3-9-8-10(4-5-11(9)15-13)22(20,21)16-7-1-2-12(16)14(18)19/h3-6,8,12H,1-2,7H2,(H,15,17)(H,18,19). The molecule has 0 amide bonds. The molecule has 1 aliphatic heterocycles. The Morgan fingerprint density at radius 1 is 1.27 bits per heavy atom. The summed E-state index contributed by atoms with van der Waals surface area (Å²) in [5.74, 6) is -1.13. The predicted molar refractivity (Wildman–Crippen MR) is 79.1 cm³/mol. The van der Waals surface area contributed by atoms with Gasteiger partial charge in [-0.25, -0.2) is 8.42 Å². The van der Waals surface area contributed by atoms with Gasteiger partial charge in [0, 0.05) is 18.1 Å². The molecule has 22 heavy (non-hydrogen) atoms. The molecule has 1 aromatic carbocycles. The van der Waals surface area contributed by atoms with Gasteiger partial charge in [0.2, 0.25) is 15.6 Å². The second-order valence-corrected chi connectivity index (χ2v) is 7.07. The molecule has 1 fully saturated rings. The van der Waals surface area contributed by atoms with Crippen molar-refractivity contribution in [1.82, 2.24) is 9.29 Å². The van der Waals surface area contributed by atoms with E-state index in [4.69, 9.17) is 5.11 Å². The lowest BCUT2D eigenvalue weighted by atomic mass is 10.2. The first-order valence-electron chi connectivity index (χ1n) is 6.77. The Kier molecular flexibility index (Phi) is 3.50. The summed E-state index contributed by atoms with van der Waals surface area (Å²) >= 11 is 0. The van der Waals surface area contributed by atoms with Crippen LogP contribution in [0.1, 0.15) is 12.8 Å². The van der Waals surface area contributed by atoms with Gasteiger partial charge in [0.05, 0.1) is 4.90 Å². The van der Waals surface area contributed by atoms with Gasteiger partial charge in [-0.3, -0.25) is 9.59 Å². The molecular weight excluding hydrogens is 308 g/mol. The van der Waals surface area contributed by atoms with Crippen LogP contribution in [0.2, 0.25) is 0 Å². The Morgan fingerprint density at radius 3 is 2.77 bits per heavy atom. The van der Waals surface area contributed by atoms with E-state index in [0.29, 0.717) is 23.7 Å². The minimum absolute atomic E-state index is 0.0280. The largest absolute Gasteiger partial charge is 0.480 e. The Hall–Kier alpha value is -2.19. The van der Waals surface area contributed by atoms with Gasteiger partial charge in [-0.15, -0.1) is 0 Å². The van der Waals surface area contributed by atoms with E-state index in [1.807, 2.05) is 0 Å². The number of nitrogens with one attached hydrogen (secondary N) is 1. The summed E-state index contributed by atoms with van der Waals surface area (Å²) in [6.45, 7) is 0.197. The first-order chi connectivity index (χ1) is 10.4. The summed E-state index contributed by atoms with van der Waals surface area (Å²) < 4.78 is 26.3. The summed E-state index contributed by atoms with van der Waals surface area (Å²) in [7, 11) is -3.87. The fraction of sp³-hybridized carbons (Fsp3) is 0.286. The molecule has 3 rings (SSSR count). The van der Waals surface area contributed by atoms with E-state index in [1.54, 1.807) is 0 Å². The van der Waals surface area contributed by atoms with Crippen LogP contribution >= 0.6 is 0 Å². The van der Waals surface area contributed by atoms with Gasteiger partial charge < -0.3 is 10.1 Å². The number of sulfonamides is 1. The van der Waals surface area contributed by atoms with E-state index in [-0.39, 0.29) is 17.0 Å². The molecule has 2 heterocycles. The molecule has 1 unspecified atom stereocenters. The second-order valence-electron chi connectivity index (χ2n) is 5.18. The highest BCUT2D eigenvalue weighted by Gasteiger charge is 2.39. The lowest BCUT2D eigenvalue weighted by molar-refractivity contribution is -0.140. The third kappa shape index (κ3) is 2.40. The Labute approximate surface area is 126 Å². The van der Waals surface area contributed by atoms with Crippen molar-refractivity contribution in [2.45, 2.75) is 23.8 Å². The van der Waals surface area contributed by atoms with E-state index in [0.717, 1.165) is 4.31 Å². The van der Waals surface area contributed by atoms with Gasteiger partial charge in [-0.1, -0.05) is 0 Å². The number of aromatic amines is 1. The number of rotatable bonds is 3. The number of aliphatic carboxylic acids is 1. The molecule has 2 N–H and O–H groups in total. The molecular formula is C14H14N2O5S. The minimum atomic E-state index is -3.87. The fourth-order valence-electron chi connectivity index (χ4n) is 2.70. The zero-order chi connectivity index (χ0) is 15.9. The minimum Gasteiger partial charge on any atom is -0.480 e. The monoisotopic (exact) mass is 322 g/mol. The molecule has 0 saturated carbocycles. The topological polar surface area (TPSA) is 108 Å². The maximum absolute atomic E-state index is 12.7. The van der Waals surface area contributed by atoms with Gasteiger partial charge in [-0.05, 0) is 42.5 Å². The first-order valence-corrected chi connectivity index (χ1v) is 8.21.